The van der Waals surface area contributed by atoms with Crippen molar-refractivity contribution < 1.29 is 4.42 Å². The molecule has 0 bridgehead atoms. The maximum atomic E-state index is 6.36. The largest absolute Gasteiger partial charge is 0.459 e. The first-order chi connectivity index (χ1) is 14.5. The number of nitrogens with zero attached hydrogens (tertiary/aromatic N) is 3. The van der Waals surface area contributed by atoms with Crippen molar-refractivity contribution in [1.29, 1.82) is 0 Å². The van der Waals surface area contributed by atoms with Gasteiger partial charge in [0.05, 0.1) is 11.7 Å². The molecule has 1 N–H and O–H groups in total. The Bertz CT molecular complexity index is 990. The molecule has 0 radical (unpaired) electrons. The van der Waals surface area contributed by atoms with E-state index in [4.69, 9.17) is 16.6 Å². The minimum atomic E-state index is -0.0537. The van der Waals surface area contributed by atoms with Crippen LogP contribution in [0.4, 0.5) is 0 Å². The summed E-state index contributed by atoms with van der Waals surface area (Å²) in [7, 11) is 4.18. The molecule has 156 valence electrons. The second-order valence-electron chi connectivity index (χ2n) is 7.69. The molecule has 4 rings (SSSR count). The van der Waals surface area contributed by atoms with Crippen LogP contribution in [0.2, 0.25) is 0 Å². The summed E-state index contributed by atoms with van der Waals surface area (Å²) >= 11 is 9.20. The van der Waals surface area contributed by atoms with Crippen molar-refractivity contribution >= 4 is 33.3 Å². The number of aromatic nitrogens is 1. The van der Waals surface area contributed by atoms with Gasteiger partial charge in [-0.25, -0.2) is 0 Å². The molecule has 7 heteroatoms. The fourth-order valence-corrected chi connectivity index (χ4v) is 4.39. The Morgan fingerprint density at radius 1 is 1.13 bits per heavy atom. The van der Waals surface area contributed by atoms with Gasteiger partial charge in [-0.1, -0.05) is 34.1 Å². The zero-order valence-electron chi connectivity index (χ0n) is 17.1. The topological polar surface area (TPSA) is 44.5 Å². The van der Waals surface area contributed by atoms with E-state index in [2.05, 4.69) is 68.3 Å². The van der Waals surface area contributed by atoms with E-state index in [1.165, 1.54) is 0 Å². The predicted octanol–water partition coefficient (Wildman–Crippen LogP) is 5.03. The molecule has 1 fully saturated rings. The number of rotatable bonds is 7. The van der Waals surface area contributed by atoms with E-state index < -0.39 is 0 Å². The van der Waals surface area contributed by atoms with Gasteiger partial charge in [-0.3, -0.25) is 4.98 Å². The highest BCUT2D eigenvalue weighted by molar-refractivity contribution is 9.10. The summed E-state index contributed by atoms with van der Waals surface area (Å²) < 4.78 is 7.40. The van der Waals surface area contributed by atoms with Gasteiger partial charge in [-0.2, -0.15) is 0 Å². The van der Waals surface area contributed by atoms with Crippen LogP contribution in [0.25, 0.3) is 11.3 Å². The van der Waals surface area contributed by atoms with Crippen molar-refractivity contribution in [1.82, 2.24) is 20.1 Å². The Morgan fingerprint density at radius 2 is 1.93 bits per heavy atom. The van der Waals surface area contributed by atoms with Crippen LogP contribution in [-0.4, -0.2) is 47.1 Å². The molecule has 1 aliphatic heterocycles. The molecule has 0 saturated carbocycles. The summed E-state index contributed by atoms with van der Waals surface area (Å²) in [5.74, 6) is 1.74. The predicted molar refractivity (Wildman–Crippen MR) is 127 cm³/mol. The first kappa shape index (κ1) is 21.0. The lowest BCUT2D eigenvalue weighted by molar-refractivity contribution is 0.261. The highest BCUT2D eigenvalue weighted by Gasteiger charge is 2.41. The molecule has 2 aromatic heterocycles. The lowest BCUT2D eigenvalue weighted by Crippen LogP contribution is -2.32. The number of furan rings is 1. The normalized spacial score (nSPS) is 18.8. The van der Waals surface area contributed by atoms with Crippen molar-refractivity contribution in [2.24, 2.45) is 0 Å². The Kier molecular flexibility index (Phi) is 6.51. The third-order valence-corrected chi connectivity index (χ3v) is 6.13. The minimum Gasteiger partial charge on any atom is -0.459 e. The lowest BCUT2D eigenvalue weighted by Gasteiger charge is -2.26. The molecule has 2 atom stereocenters. The molecule has 3 heterocycles. The summed E-state index contributed by atoms with van der Waals surface area (Å²) in [4.78, 5) is 9.01. The number of halogens is 1. The Labute approximate surface area is 191 Å². The summed E-state index contributed by atoms with van der Waals surface area (Å²) in [6.45, 7) is 1.86. The smallest absolute Gasteiger partial charge is 0.170 e. The molecular formula is C23H25BrN4OS. The van der Waals surface area contributed by atoms with Crippen LogP contribution < -0.4 is 5.32 Å². The van der Waals surface area contributed by atoms with E-state index in [1.54, 1.807) is 0 Å². The molecule has 1 aromatic carbocycles. The number of benzene rings is 1. The van der Waals surface area contributed by atoms with E-state index in [1.807, 2.05) is 42.6 Å². The molecule has 3 aromatic rings. The maximum Gasteiger partial charge on any atom is 0.170 e. The molecule has 30 heavy (non-hydrogen) atoms. The molecule has 5 nitrogen and oxygen atoms in total. The number of nitrogens with one attached hydrogen (secondary N) is 1. The average molecular weight is 485 g/mol. The van der Waals surface area contributed by atoms with E-state index in [9.17, 15) is 0 Å². The summed E-state index contributed by atoms with van der Waals surface area (Å²) in [5.41, 5.74) is 2.01. The van der Waals surface area contributed by atoms with Crippen molar-refractivity contribution in [3.8, 4) is 11.3 Å². The molecule has 0 aliphatic carbocycles. The maximum absolute atomic E-state index is 6.36. The highest BCUT2D eigenvalue weighted by atomic mass is 79.9. The fourth-order valence-electron chi connectivity index (χ4n) is 3.79. The molecule has 2 unspecified atom stereocenters. The Morgan fingerprint density at radius 3 is 2.63 bits per heavy atom. The second-order valence-corrected chi connectivity index (χ2v) is 8.99. The Balaban J connectivity index is 1.65. The van der Waals surface area contributed by atoms with Gasteiger partial charge in [-0.15, -0.1) is 0 Å². The average Bonchev–Trinajstić information content (AvgIpc) is 3.34. The Hall–Kier alpha value is -2.22. The van der Waals surface area contributed by atoms with Crippen molar-refractivity contribution in [3.63, 3.8) is 0 Å². The van der Waals surface area contributed by atoms with Crippen molar-refractivity contribution in [2.45, 2.75) is 18.5 Å². The van der Waals surface area contributed by atoms with Crippen molar-refractivity contribution in [2.75, 3.05) is 27.2 Å². The third kappa shape index (κ3) is 4.58. The highest BCUT2D eigenvalue weighted by Crippen LogP contribution is 2.40. The SMILES string of the molecule is CN(C)CCCN1C(=S)NC(c2ccccn2)C1c1ccc(-c2ccc(Br)cc2)o1. The minimum absolute atomic E-state index is 0.0428. The summed E-state index contributed by atoms with van der Waals surface area (Å²) in [6.07, 6.45) is 2.84. The van der Waals surface area contributed by atoms with Crippen LogP contribution in [0.5, 0.6) is 0 Å². The fraction of sp³-hybridized carbons (Fsp3) is 0.304. The number of thiocarbonyl (C=S) groups is 1. The van der Waals surface area contributed by atoms with Crippen LogP contribution in [0.1, 0.15) is 30.0 Å². The zero-order valence-corrected chi connectivity index (χ0v) is 19.5. The van der Waals surface area contributed by atoms with E-state index in [-0.39, 0.29) is 12.1 Å². The van der Waals surface area contributed by atoms with E-state index in [0.29, 0.717) is 0 Å². The molecule has 0 amide bonds. The third-order valence-electron chi connectivity index (χ3n) is 5.25. The monoisotopic (exact) mass is 484 g/mol. The van der Waals surface area contributed by atoms with Crippen LogP contribution in [0.15, 0.2) is 69.7 Å². The van der Waals surface area contributed by atoms with Gasteiger partial charge < -0.3 is 19.5 Å². The van der Waals surface area contributed by atoms with Gasteiger partial charge in [0, 0.05) is 22.8 Å². The van der Waals surface area contributed by atoms with Crippen LogP contribution in [0.3, 0.4) is 0 Å². The quantitative estimate of drug-likeness (QED) is 0.474. The first-order valence-corrected chi connectivity index (χ1v) is 11.2. The molecule has 0 spiro atoms. The van der Waals surface area contributed by atoms with Gasteiger partial charge in [0.25, 0.3) is 0 Å². The van der Waals surface area contributed by atoms with Gasteiger partial charge in [-0.05, 0) is 75.7 Å². The summed E-state index contributed by atoms with van der Waals surface area (Å²) in [5, 5.41) is 4.22. The van der Waals surface area contributed by atoms with Crippen LogP contribution in [0, 0.1) is 0 Å². The van der Waals surface area contributed by atoms with Gasteiger partial charge in [0.15, 0.2) is 5.11 Å². The zero-order chi connectivity index (χ0) is 21.1. The molecule has 1 saturated heterocycles. The number of hydrogen-bond donors (Lipinski definition) is 1. The van der Waals surface area contributed by atoms with Crippen LogP contribution in [-0.2, 0) is 0 Å². The van der Waals surface area contributed by atoms with Gasteiger partial charge in [0.1, 0.15) is 17.6 Å². The standard InChI is InChI=1S/C23H25BrN4OS/c1-27(2)14-5-15-28-22(21(26-23(28)30)18-6-3-4-13-25-18)20-12-11-19(29-20)16-7-9-17(24)10-8-16/h3-4,6-13,21-22H,5,14-15H2,1-2H3,(H,26,30). The van der Waals surface area contributed by atoms with Crippen LogP contribution >= 0.6 is 28.1 Å². The molecular weight excluding hydrogens is 460 g/mol. The van der Waals surface area contributed by atoms with Crippen molar-refractivity contribution in [3.05, 3.63) is 76.7 Å². The number of hydrogen-bond acceptors (Lipinski definition) is 4. The number of pyridine rings is 1. The van der Waals surface area contributed by atoms with Gasteiger partial charge in [0.2, 0.25) is 0 Å². The van der Waals surface area contributed by atoms with Gasteiger partial charge >= 0.3 is 0 Å². The van der Waals surface area contributed by atoms with E-state index >= 15 is 0 Å². The summed E-state index contributed by atoms with van der Waals surface area (Å²) in [6, 6.07) is 18.1. The first-order valence-electron chi connectivity index (χ1n) is 10.0. The van der Waals surface area contributed by atoms with E-state index in [0.717, 1.165) is 51.9 Å². The lowest BCUT2D eigenvalue weighted by atomic mass is 10.0. The second kappa shape index (κ2) is 9.29. The molecule has 1 aliphatic rings.